The number of H-pyrrole nitrogens is 1. The molecule has 17 heavy (non-hydrogen) atoms. The fraction of sp³-hybridized carbons (Fsp3) is 0.385. The second-order valence-corrected chi connectivity index (χ2v) is 4.14. The van der Waals surface area contributed by atoms with Crippen LogP contribution in [0.4, 0.5) is 0 Å². The van der Waals surface area contributed by atoms with Crippen LogP contribution in [0.2, 0.25) is 0 Å². The Balaban J connectivity index is 2.32. The fourth-order valence-corrected chi connectivity index (χ4v) is 1.95. The summed E-state index contributed by atoms with van der Waals surface area (Å²) in [6.07, 6.45) is 0.195. The van der Waals surface area contributed by atoms with Crippen molar-refractivity contribution >= 4 is 17.0 Å². The number of aromatic amines is 1. The maximum absolute atomic E-state index is 11.4. The van der Waals surface area contributed by atoms with E-state index in [-0.39, 0.29) is 12.4 Å². The zero-order valence-corrected chi connectivity index (χ0v) is 10.3. The summed E-state index contributed by atoms with van der Waals surface area (Å²) >= 11 is 0. The number of hydrogen-bond acceptors (Lipinski definition) is 3. The molecule has 0 saturated carbocycles. The highest BCUT2D eigenvalue weighted by atomic mass is 16.5. The molecular formula is C13H16N2O2. The fourth-order valence-electron chi connectivity index (χ4n) is 1.95. The van der Waals surface area contributed by atoms with Crippen LogP contribution in [0.5, 0.6) is 0 Å². The topological polar surface area (TPSA) is 55.0 Å². The molecule has 0 bridgehead atoms. The lowest BCUT2D eigenvalue weighted by Crippen LogP contribution is -2.08. The van der Waals surface area contributed by atoms with Gasteiger partial charge in [0.05, 0.1) is 17.6 Å². The molecule has 0 radical (unpaired) electrons. The van der Waals surface area contributed by atoms with Crippen molar-refractivity contribution in [2.24, 2.45) is 0 Å². The highest BCUT2D eigenvalue weighted by Gasteiger charge is 2.10. The monoisotopic (exact) mass is 232 g/mol. The second-order valence-electron chi connectivity index (χ2n) is 4.14. The van der Waals surface area contributed by atoms with Crippen molar-refractivity contribution < 1.29 is 9.53 Å². The minimum atomic E-state index is -0.249. The summed E-state index contributed by atoms with van der Waals surface area (Å²) in [6, 6.07) is 4.11. The minimum Gasteiger partial charge on any atom is -0.466 e. The molecule has 90 valence electrons. The van der Waals surface area contributed by atoms with E-state index in [0.29, 0.717) is 12.4 Å². The smallest absolute Gasteiger partial charge is 0.313 e. The summed E-state index contributed by atoms with van der Waals surface area (Å²) in [4.78, 5) is 18.9. The Labute approximate surface area is 100 Å². The van der Waals surface area contributed by atoms with Gasteiger partial charge in [-0.3, -0.25) is 4.79 Å². The van der Waals surface area contributed by atoms with Gasteiger partial charge in [-0.15, -0.1) is 0 Å². The van der Waals surface area contributed by atoms with Crippen molar-refractivity contribution in [3.63, 3.8) is 0 Å². The first-order valence-electron chi connectivity index (χ1n) is 5.71. The number of carbonyl (C=O) groups is 1. The molecule has 1 heterocycles. The summed E-state index contributed by atoms with van der Waals surface area (Å²) in [6.45, 7) is 6.25. The molecule has 2 rings (SSSR count). The van der Waals surface area contributed by atoms with E-state index in [1.165, 1.54) is 5.56 Å². The zero-order chi connectivity index (χ0) is 12.4. The Morgan fingerprint density at radius 1 is 1.41 bits per heavy atom. The van der Waals surface area contributed by atoms with E-state index >= 15 is 0 Å². The molecule has 0 unspecified atom stereocenters. The molecule has 4 heteroatoms. The Kier molecular flexibility index (Phi) is 3.13. The molecule has 0 aliphatic heterocycles. The Hall–Kier alpha value is -1.84. The van der Waals surface area contributed by atoms with Gasteiger partial charge in [0.25, 0.3) is 0 Å². The summed E-state index contributed by atoms with van der Waals surface area (Å²) in [7, 11) is 0. The standard InChI is InChI=1S/C13H16N2O2/c1-4-17-12(16)7-11-14-10-6-8(2)5-9(3)13(10)15-11/h5-6H,4,7H2,1-3H3,(H,14,15). The van der Waals surface area contributed by atoms with E-state index < -0.39 is 0 Å². The largest absolute Gasteiger partial charge is 0.466 e. The van der Waals surface area contributed by atoms with Crippen molar-refractivity contribution in [2.75, 3.05) is 6.61 Å². The molecule has 0 amide bonds. The van der Waals surface area contributed by atoms with Crippen molar-refractivity contribution in [2.45, 2.75) is 27.2 Å². The summed E-state index contributed by atoms with van der Waals surface area (Å²) in [5.41, 5.74) is 4.20. The van der Waals surface area contributed by atoms with Crippen LogP contribution in [-0.4, -0.2) is 22.5 Å². The normalized spacial score (nSPS) is 10.8. The predicted molar refractivity (Wildman–Crippen MR) is 65.9 cm³/mol. The SMILES string of the molecule is CCOC(=O)Cc1nc2c(C)cc(C)cc2[nH]1. The van der Waals surface area contributed by atoms with E-state index in [4.69, 9.17) is 4.74 Å². The molecule has 1 N–H and O–H groups in total. The maximum Gasteiger partial charge on any atom is 0.313 e. The van der Waals surface area contributed by atoms with Crippen LogP contribution in [0, 0.1) is 13.8 Å². The number of imidazole rings is 1. The summed E-state index contributed by atoms with van der Waals surface area (Å²) in [5.74, 6) is 0.410. The van der Waals surface area contributed by atoms with Crippen molar-refractivity contribution in [1.82, 2.24) is 9.97 Å². The molecule has 1 aromatic carbocycles. The number of esters is 1. The molecule has 4 nitrogen and oxygen atoms in total. The van der Waals surface area contributed by atoms with Crippen LogP contribution < -0.4 is 0 Å². The first-order valence-corrected chi connectivity index (χ1v) is 5.71. The van der Waals surface area contributed by atoms with Gasteiger partial charge in [0.1, 0.15) is 12.2 Å². The third-order valence-electron chi connectivity index (χ3n) is 2.59. The van der Waals surface area contributed by atoms with E-state index in [1.54, 1.807) is 6.92 Å². The van der Waals surface area contributed by atoms with Gasteiger partial charge in [0.2, 0.25) is 0 Å². The van der Waals surface area contributed by atoms with Crippen LogP contribution in [0.15, 0.2) is 12.1 Å². The van der Waals surface area contributed by atoms with Gasteiger partial charge in [-0.25, -0.2) is 4.98 Å². The average Bonchev–Trinajstić information content (AvgIpc) is 2.60. The van der Waals surface area contributed by atoms with Gasteiger partial charge in [-0.1, -0.05) is 6.07 Å². The van der Waals surface area contributed by atoms with Crippen LogP contribution in [-0.2, 0) is 16.0 Å². The third kappa shape index (κ3) is 2.46. The van der Waals surface area contributed by atoms with Gasteiger partial charge >= 0.3 is 5.97 Å². The van der Waals surface area contributed by atoms with Gasteiger partial charge in [0.15, 0.2) is 0 Å². The van der Waals surface area contributed by atoms with E-state index in [0.717, 1.165) is 16.6 Å². The first-order chi connectivity index (χ1) is 8.10. The Morgan fingerprint density at radius 2 is 2.18 bits per heavy atom. The lowest BCUT2D eigenvalue weighted by molar-refractivity contribution is -0.142. The molecule has 1 aromatic heterocycles. The van der Waals surface area contributed by atoms with Crippen molar-refractivity contribution in [3.8, 4) is 0 Å². The predicted octanol–water partition coefficient (Wildman–Crippen LogP) is 2.29. The number of fused-ring (bicyclic) bond motifs is 1. The lowest BCUT2D eigenvalue weighted by atomic mass is 10.1. The number of aromatic nitrogens is 2. The van der Waals surface area contributed by atoms with E-state index in [1.807, 2.05) is 19.9 Å². The number of hydrogen-bond donors (Lipinski definition) is 1. The quantitative estimate of drug-likeness (QED) is 0.826. The molecule has 2 aromatic rings. The van der Waals surface area contributed by atoms with Gasteiger partial charge in [-0.2, -0.15) is 0 Å². The molecule has 0 atom stereocenters. The number of rotatable bonds is 3. The number of nitrogens with one attached hydrogen (secondary N) is 1. The molecule has 0 fully saturated rings. The highest BCUT2D eigenvalue weighted by Crippen LogP contribution is 2.18. The van der Waals surface area contributed by atoms with Crippen LogP contribution in [0.3, 0.4) is 0 Å². The highest BCUT2D eigenvalue weighted by molar-refractivity contribution is 5.81. The van der Waals surface area contributed by atoms with Gasteiger partial charge in [0, 0.05) is 0 Å². The molecule has 0 saturated heterocycles. The molecule has 0 aliphatic carbocycles. The number of aryl methyl sites for hydroxylation is 2. The van der Waals surface area contributed by atoms with Crippen LogP contribution >= 0.6 is 0 Å². The Morgan fingerprint density at radius 3 is 2.88 bits per heavy atom. The second kappa shape index (κ2) is 4.57. The first kappa shape index (κ1) is 11.6. The summed E-state index contributed by atoms with van der Waals surface area (Å²) < 4.78 is 4.90. The zero-order valence-electron chi connectivity index (χ0n) is 10.3. The third-order valence-corrected chi connectivity index (χ3v) is 2.59. The van der Waals surface area contributed by atoms with Crippen LogP contribution in [0.25, 0.3) is 11.0 Å². The minimum absolute atomic E-state index is 0.195. The number of ether oxygens (including phenoxy) is 1. The van der Waals surface area contributed by atoms with Crippen LogP contribution in [0.1, 0.15) is 23.9 Å². The number of nitrogens with zero attached hydrogens (tertiary/aromatic N) is 1. The Bertz CT molecular complexity index is 558. The maximum atomic E-state index is 11.4. The average molecular weight is 232 g/mol. The lowest BCUT2D eigenvalue weighted by Gasteiger charge is -1.97. The number of carbonyl (C=O) groups excluding carboxylic acids is 1. The van der Waals surface area contributed by atoms with E-state index in [2.05, 4.69) is 16.0 Å². The molecule has 0 spiro atoms. The van der Waals surface area contributed by atoms with Crippen molar-refractivity contribution in [1.29, 1.82) is 0 Å². The van der Waals surface area contributed by atoms with Gasteiger partial charge in [-0.05, 0) is 38.0 Å². The summed E-state index contributed by atoms with van der Waals surface area (Å²) in [5, 5.41) is 0. The van der Waals surface area contributed by atoms with Crippen molar-refractivity contribution in [3.05, 3.63) is 29.1 Å². The molecular weight excluding hydrogens is 216 g/mol. The molecule has 0 aliphatic rings. The van der Waals surface area contributed by atoms with Gasteiger partial charge < -0.3 is 9.72 Å². The number of benzene rings is 1. The van der Waals surface area contributed by atoms with E-state index in [9.17, 15) is 4.79 Å².